The molecular weight excluding hydrogens is 350 g/mol. The Balaban J connectivity index is 1.75. The van der Waals surface area contributed by atoms with Gasteiger partial charge >= 0.3 is 12.0 Å². The molecule has 0 unspecified atom stereocenters. The molecule has 1 saturated heterocycles. The molecule has 1 aliphatic rings. The van der Waals surface area contributed by atoms with Crippen molar-refractivity contribution in [1.29, 1.82) is 0 Å². The molecule has 1 atom stereocenters. The molecule has 2 N–H and O–H groups in total. The highest BCUT2D eigenvalue weighted by Gasteiger charge is 2.14. The number of rotatable bonds is 7. The minimum Gasteiger partial charge on any atom is -0.452 e. The van der Waals surface area contributed by atoms with Crippen molar-refractivity contribution < 1.29 is 23.9 Å². The van der Waals surface area contributed by atoms with Crippen molar-refractivity contribution in [3.63, 3.8) is 0 Å². The van der Waals surface area contributed by atoms with Crippen LogP contribution in [0.5, 0.6) is 0 Å². The van der Waals surface area contributed by atoms with Gasteiger partial charge in [-0.25, -0.2) is 9.59 Å². The molecule has 0 spiro atoms. The zero-order valence-electron chi connectivity index (χ0n) is 15.8. The van der Waals surface area contributed by atoms with E-state index in [2.05, 4.69) is 15.5 Å². The van der Waals surface area contributed by atoms with E-state index in [-0.39, 0.29) is 6.04 Å². The number of nitrogens with one attached hydrogen (secondary N) is 2. The Morgan fingerprint density at radius 3 is 2.48 bits per heavy atom. The SMILES string of the molecule is CC[C@H](C)NC(=O)NC(=O)COC(=O)c1ccc(CN2CCOCC2)cc1. The lowest BCUT2D eigenvalue weighted by molar-refractivity contribution is -0.123. The number of carbonyl (C=O) groups excluding carboxylic acids is 3. The summed E-state index contributed by atoms with van der Waals surface area (Å²) in [5, 5.41) is 4.72. The number of carbonyl (C=O) groups is 3. The van der Waals surface area contributed by atoms with E-state index in [0.29, 0.717) is 5.56 Å². The van der Waals surface area contributed by atoms with Crippen LogP contribution in [0, 0.1) is 0 Å². The maximum atomic E-state index is 12.0. The van der Waals surface area contributed by atoms with Gasteiger partial charge in [0.1, 0.15) is 0 Å². The van der Waals surface area contributed by atoms with Gasteiger partial charge in [0.15, 0.2) is 6.61 Å². The summed E-state index contributed by atoms with van der Waals surface area (Å²) in [6, 6.07) is 6.43. The van der Waals surface area contributed by atoms with Crippen LogP contribution in [0.3, 0.4) is 0 Å². The third-order valence-electron chi connectivity index (χ3n) is 4.28. The number of hydrogen-bond donors (Lipinski definition) is 2. The number of morpholine rings is 1. The highest BCUT2D eigenvalue weighted by Crippen LogP contribution is 2.10. The molecule has 1 aromatic carbocycles. The number of urea groups is 1. The Morgan fingerprint density at radius 1 is 1.19 bits per heavy atom. The largest absolute Gasteiger partial charge is 0.452 e. The number of esters is 1. The quantitative estimate of drug-likeness (QED) is 0.695. The first-order valence-corrected chi connectivity index (χ1v) is 9.14. The number of imide groups is 1. The Labute approximate surface area is 159 Å². The molecule has 27 heavy (non-hydrogen) atoms. The average molecular weight is 377 g/mol. The molecule has 8 heteroatoms. The van der Waals surface area contributed by atoms with Gasteiger partial charge in [0.05, 0.1) is 18.8 Å². The molecule has 2 rings (SSSR count). The van der Waals surface area contributed by atoms with Crippen LogP contribution in [-0.4, -0.2) is 61.8 Å². The van der Waals surface area contributed by atoms with Crippen LogP contribution in [0.4, 0.5) is 4.79 Å². The van der Waals surface area contributed by atoms with Crippen LogP contribution in [0.2, 0.25) is 0 Å². The molecule has 0 saturated carbocycles. The second-order valence-corrected chi connectivity index (χ2v) is 6.49. The molecule has 8 nitrogen and oxygen atoms in total. The summed E-state index contributed by atoms with van der Waals surface area (Å²) >= 11 is 0. The summed E-state index contributed by atoms with van der Waals surface area (Å²) in [5.74, 6) is -1.28. The monoisotopic (exact) mass is 377 g/mol. The number of nitrogens with zero attached hydrogens (tertiary/aromatic N) is 1. The smallest absolute Gasteiger partial charge is 0.338 e. The van der Waals surface area contributed by atoms with Crippen molar-refractivity contribution in [2.45, 2.75) is 32.9 Å². The van der Waals surface area contributed by atoms with Crippen LogP contribution >= 0.6 is 0 Å². The molecule has 0 aliphatic carbocycles. The van der Waals surface area contributed by atoms with Gasteiger partial charge in [-0.2, -0.15) is 0 Å². The molecule has 148 valence electrons. The van der Waals surface area contributed by atoms with Crippen molar-refractivity contribution in [2.75, 3.05) is 32.9 Å². The van der Waals surface area contributed by atoms with E-state index in [1.807, 2.05) is 26.0 Å². The maximum Gasteiger partial charge on any atom is 0.338 e. The van der Waals surface area contributed by atoms with Crippen molar-refractivity contribution in [3.8, 4) is 0 Å². The van der Waals surface area contributed by atoms with E-state index >= 15 is 0 Å². The number of benzene rings is 1. The van der Waals surface area contributed by atoms with Gasteiger partial charge in [0, 0.05) is 25.7 Å². The zero-order chi connectivity index (χ0) is 19.6. The predicted octanol–water partition coefficient (Wildman–Crippen LogP) is 1.30. The molecule has 3 amide bonds. The van der Waals surface area contributed by atoms with Gasteiger partial charge in [0.25, 0.3) is 5.91 Å². The molecule has 1 aromatic rings. The molecule has 1 fully saturated rings. The fourth-order valence-electron chi connectivity index (χ4n) is 2.50. The predicted molar refractivity (Wildman–Crippen MR) is 99.2 cm³/mol. The van der Waals surface area contributed by atoms with Gasteiger partial charge in [-0.3, -0.25) is 15.0 Å². The van der Waals surface area contributed by atoms with Gasteiger partial charge in [-0.1, -0.05) is 19.1 Å². The van der Waals surface area contributed by atoms with Crippen LogP contribution in [-0.2, 0) is 20.8 Å². The van der Waals surface area contributed by atoms with Crippen LogP contribution in [0.25, 0.3) is 0 Å². The third kappa shape index (κ3) is 7.36. The summed E-state index contributed by atoms with van der Waals surface area (Å²) < 4.78 is 10.3. The Kier molecular flexibility index (Phi) is 8.22. The van der Waals surface area contributed by atoms with Crippen LogP contribution in [0.15, 0.2) is 24.3 Å². The summed E-state index contributed by atoms with van der Waals surface area (Å²) in [7, 11) is 0. The highest BCUT2D eigenvalue weighted by atomic mass is 16.5. The number of ether oxygens (including phenoxy) is 2. The maximum absolute atomic E-state index is 12.0. The highest BCUT2D eigenvalue weighted by molar-refractivity contribution is 5.97. The molecule has 1 aliphatic heterocycles. The fourth-order valence-corrected chi connectivity index (χ4v) is 2.50. The first-order valence-electron chi connectivity index (χ1n) is 9.14. The second-order valence-electron chi connectivity index (χ2n) is 6.49. The lowest BCUT2D eigenvalue weighted by atomic mass is 10.1. The average Bonchev–Trinajstić information content (AvgIpc) is 2.67. The van der Waals surface area contributed by atoms with E-state index in [9.17, 15) is 14.4 Å². The fraction of sp³-hybridized carbons (Fsp3) is 0.526. The van der Waals surface area contributed by atoms with Gasteiger partial charge < -0.3 is 14.8 Å². The first-order chi connectivity index (χ1) is 13.0. The summed E-state index contributed by atoms with van der Waals surface area (Å²) in [5.41, 5.74) is 1.45. The standard InChI is InChI=1S/C19H27N3O5/c1-3-14(2)20-19(25)21-17(23)13-27-18(24)16-6-4-15(5-7-16)12-22-8-10-26-11-9-22/h4-7,14H,3,8-13H2,1-2H3,(H2,20,21,23,25)/t14-/m0/s1. The lowest BCUT2D eigenvalue weighted by Crippen LogP contribution is -2.44. The normalized spacial score (nSPS) is 15.6. The molecule has 0 radical (unpaired) electrons. The molecule has 0 bridgehead atoms. The number of hydrogen-bond acceptors (Lipinski definition) is 6. The minimum absolute atomic E-state index is 0.0451. The van der Waals surface area contributed by atoms with E-state index in [4.69, 9.17) is 9.47 Å². The second kappa shape index (κ2) is 10.6. The van der Waals surface area contributed by atoms with Crippen molar-refractivity contribution in [3.05, 3.63) is 35.4 Å². The minimum atomic E-state index is -0.673. The number of amides is 3. The van der Waals surface area contributed by atoms with E-state index in [1.54, 1.807) is 12.1 Å². The van der Waals surface area contributed by atoms with Gasteiger partial charge in [-0.15, -0.1) is 0 Å². The first kappa shape index (κ1) is 20.9. The van der Waals surface area contributed by atoms with Crippen LogP contribution < -0.4 is 10.6 Å². The van der Waals surface area contributed by atoms with Gasteiger partial charge in [-0.05, 0) is 31.0 Å². The zero-order valence-corrected chi connectivity index (χ0v) is 15.8. The van der Waals surface area contributed by atoms with E-state index < -0.39 is 24.5 Å². The van der Waals surface area contributed by atoms with Crippen LogP contribution in [0.1, 0.15) is 36.2 Å². The Hall–Kier alpha value is -2.45. The van der Waals surface area contributed by atoms with Crippen molar-refractivity contribution >= 4 is 17.9 Å². The van der Waals surface area contributed by atoms with Gasteiger partial charge in [0.2, 0.25) is 0 Å². The Bertz CT molecular complexity index is 641. The summed E-state index contributed by atoms with van der Waals surface area (Å²) in [6.45, 7) is 7.29. The summed E-state index contributed by atoms with van der Waals surface area (Å²) in [6.07, 6.45) is 0.748. The molecular formula is C19H27N3O5. The third-order valence-corrected chi connectivity index (χ3v) is 4.28. The Morgan fingerprint density at radius 2 is 1.85 bits per heavy atom. The molecule has 0 aromatic heterocycles. The summed E-state index contributed by atoms with van der Waals surface area (Å²) in [4.78, 5) is 37.5. The topological polar surface area (TPSA) is 97.0 Å². The van der Waals surface area contributed by atoms with E-state index in [0.717, 1.165) is 44.8 Å². The van der Waals surface area contributed by atoms with Crippen molar-refractivity contribution in [2.24, 2.45) is 0 Å². The van der Waals surface area contributed by atoms with Crippen molar-refractivity contribution in [1.82, 2.24) is 15.5 Å². The molecule has 1 heterocycles. The van der Waals surface area contributed by atoms with E-state index in [1.165, 1.54) is 0 Å². The lowest BCUT2D eigenvalue weighted by Gasteiger charge is -2.26.